The highest BCUT2D eigenvalue weighted by molar-refractivity contribution is 8.93. The molecule has 0 aromatic heterocycles. The highest BCUT2D eigenvalue weighted by Crippen LogP contribution is 2.23. The number of carbonyl (C=O) groups excluding carboxylic acids is 3. The van der Waals surface area contributed by atoms with Crippen molar-refractivity contribution in [2.24, 2.45) is 11.1 Å². The predicted octanol–water partition coefficient (Wildman–Crippen LogP) is -0.840. The summed E-state index contributed by atoms with van der Waals surface area (Å²) in [6.45, 7) is 1.73. The van der Waals surface area contributed by atoms with Gasteiger partial charge in [-0.1, -0.05) is 0 Å². The van der Waals surface area contributed by atoms with Gasteiger partial charge in [0, 0.05) is 6.54 Å². The number of urea groups is 1. The molecule has 0 unspecified atom stereocenters. The number of halogens is 1. The van der Waals surface area contributed by atoms with Crippen molar-refractivity contribution in [1.82, 2.24) is 16.0 Å². The Bertz CT molecular complexity index is 354. The van der Waals surface area contributed by atoms with E-state index < -0.39 is 23.3 Å². The molecular weight excluding hydrogens is 312 g/mol. The monoisotopic (exact) mass is 324 g/mol. The van der Waals surface area contributed by atoms with Crippen molar-refractivity contribution in [3.63, 3.8) is 0 Å². The first-order valence-electron chi connectivity index (χ1n) is 4.56. The molecular formula is C8H13BrN4O3S. The number of imide groups is 2. The van der Waals surface area contributed by atoms with E-state index in [2.05, 4.69) is 17.5 Å². The van der Waals surface area contributed by atoms with Crippen LogP contribution in [-0.2, 0) is 9.59 Å². The zero-order valence-electron chi connectivity index (χ0n) is 9.03. The predicted molar refractivity (Wildman–Crippen MR) is 69.5 cm³/mol. The minimum absolute atomic E-state index is 0. The van der Waals surface area contributed by atoms with E-state index in [9.17, 15) is 14.4 Å². The summed E-state index contributed by atoms with van der Waals surface area (Å²) in [6, 6.07) is -0.797. The van der Waals surface area contributed by atoms with E-state index in [0.29, 0.717) is 0 Å². The Morgan fingerprint density at radius 3 is 2.24 bits per heavy atom. The van der Waals surface area contributed by atoms with Crippen LogP contribution in [-0.4, -0.2) is 29.5 Å². The lowest BCUT2D eigenvalue weighted by Crippen LogP contribution is -2.61. The van der Waals surface area contributed by atoms with Gasteiger partial charge in [0.1, 0.15) is 5.41 Å². The topological polar surface area (TPSA) is 113 Å². The van der Waals surface area contributed by atoms with Gasteiger partial charge >= 0.3 is 6.03 Å². The second kappa shape index (κ2) is 5.92. The van der Waals surface area contributed by atoms with E-state index >= 15 is 0 Å². The summed E-state index contributed by atoms with van der Waals surface area (Å²) < 4.78 is 0. The zero-order valence-corrected chi connectivity index (χ0v) is 11.6. The lowest BCUT2D eigenvalue weighted by atomic mass is 9.83. The molecule has 0 aromatic rings. The van der Waals surface area contributed by atoms with Crippen molar-refractivity contribution < 1.29 is 14.4 Å². The van der Waals surface area contributed by atoms with Gasteiger partial charge in [0.05, 0.1) is 0 Å². The molecule has 96 valence electrons. The number of nitrogens with two attached hydrogens (primary N) is 1. The number of carbonyl (C=O) groups is 3. The Morgan fingerprint density at radius 1 is 1.35 bits per heavy atom. The molecule has 0 spiro atoms. The second-order valence-electron chi connectivity index (χ2n) is 3.61. The summed E-state index contributed by atoms with van der Waals surface area (Å²) in [4.78, 5) is 33.9. The number of nitrogens with one attached hydrogen (secondary N) is 3. The van der Waals surface area contributed by atoms with Crippen LogP contribution in [0.4, 0.5) is 4.79 Å². The summed E-state index contributed by atoms with van der Waals surface area (Å²) in [5, 5.41) is 6.80. The fourth-order valence-corrected chi connectivity index (χ4v) is 1.38. The van der Waals surface area contributed by atoms with Crippen molar-refractivity contribution >= 4 is 52.2 Å². The summed E-state index contributed by atoms with van der Waals surface area (Å²) in [5.41, 5.74) is 3.92. The minimum Gasteiger partial charge on any atom is -0.376 e. The van der Waals surface area contributed by atoms with Gasteiger partial charge in [0.2, 0.25) is 11.8 Å². The Balaban J connectivity index is 0.00000256. The van der Waals surface area contributed by atoms with Gasteiger partial charge in [-0.05, 0) is 25.6 Å². The van der Waals surface area contributed by atoms with Crippen molar-refractivity contribution in [3.05, 3.63) is 0 Å². The molecule has 1 heterocycles. The molecule has 1 rings (SSSR count). The van der Waals surface area contributed by atoms with Crippen LogP contribution in [0.5, 0.6) is 0 Å². The molecule has 1 fully saturated rings. The molecule has 4 amide bonds. The molecule has 17 heavy (non-hydrogen) atoms. The van der Waals surface area contributed by atoms with Crippen LogP contribution in [0.25, 0.3) is 0 Å². The normalized spacial score (nSPS) is 17.6. The number of hydrogen-bond acceptors (Lipinski definition) is 4. The van der Waals surface area contributed by atoms with E-state index in [-0.39, 0.29) is 35.1 Å². The molecule has 1 aliphatic rings. The summed E-state index contributed by atoms with van der Waals surface area (Å²) in [6.07, 6.45) is 0.190. The smallest absolute Gasteiger partial charge is 0.328 e. The summed E-state index contributed by atoms with van der Waals surface area (Å²) in [7, 11) is 0. The maximum absolute atomic E-state index is 11.5. The molecule has 0 atom stereocenters. The summed E-state index contributed by atoms with van der Waals surface area (Å²) in [5.74, 6) is -1.24. The van der Waals surface area contributed by atoms with Crippen LogP contribution in [0.1, 0.15) is 13.3 Å². The molecule has 0 bridgehead atoms. The number of barbiturate groups is 1. The zero-order chi connectivity index (χ0) is 12.3. The number of hydrogen-bond donors (Lipinski definition) is 4. The van der Waals surface area contributed by atoms with Crippen molar-refractivity contribution in [2.45, 2.75) is 13.3 Å². The molecule has 7 nitrogen and oxygen atoms in total. The van der Waals surface area contributed by atoms with Crippen LogP contribution < -0.4 is 21.7 Å². The largest absolute Gasteiger partial charge is 0.376 e. The van der Waals surface area contributed by atoms with Gasteiger partial charge in [0.15, 0.2) is 5.11 Å². The van der Waals surface area contributed by atoms with Crippen molar-refractivity contribution in [2.75, 3.05) is 6.54 Å². The average molecular weight is 325 g/mol. The molecule has 5 N–H and O–H groups in total. The van der Waals surface area contributed by atoms with E-state index in [1.54, 1.807) is 0 Å². The van der Waals surface area contributed by atoms with Gasteiger partial charge in [-0.15, -0.1) is 17.0 Å². The number of rotatable bonds is 3. The second-order valence-corrected chi connectivity index (χ2v) is 4.05. The molecule has 0 saturated carbocycles. The lowest BCUT2D eigenvalue weighted by molar-refractivity contribution is -0.143. The van der Waals surface area contributed by atoms with Crippen LogP contribution in [0.15, 0.2) is 0 Å². The molecule has 1 saturated heterocycles. The third kappa shape index (κ3) is 3.63. The standard InChI is InChI=1S/C8H12N4O3S.BrH/c1-8(2-3-10-6(9)16)4(13)11-7(15)12-5(8)14;/h2-3H2,1H3,(H3,9,10,16)(H2,11,12,13,14,15);1H. The van der Waals surface area contributed by atoms with E-state index in [4.69, 9.17) is 5.73 Å². The van der Waals surface area contributed by atoms with Gasteiger partial charge in [-0.3, -0.25) is 20.2 Å². The van der Waals surface area contributed by atoms with Gasteiger partial charge in [0.25, 0.3) is 0 Å². The maximum atomic E-state index is 11.5. The van der Waals surface area contributed by atoms with Gasteiger partial charge in [-0.25, -0.2) is 4.79 Å². The van der Waals surface area contributed by atoms with E-state index in [1.165, 1.54) is 6.92 Å². The summed E-state index contributed by atoms with van der Waals surface area (Å²) >= 11 is 4.59. The molecule has 9 heteroatoms. The maximum Gasteiger partial charge on any atom is 0.328 e. The quantitative estimate of drug-likeness (QED) is 0.397. The third-order valence-corrected chi connectivity index (χ3v) is 2.52. The minimum atomic E-state index is -1.29. The first-order chi connectivity index (χ1) is 7.36. The fourth-order valence-electron chi connectivity index (χ4n) is 1.28. The molecule has 0 aromatic carbocycles. The molecule has 1 aliphatic heterocycles. The highest BCUT2D eigenvalue weighted by Gasteiger charge is 2.45. The van der Waals surface area contributed by atoms with Crippen LogP contribution in [0, 0.1) is 5.41 Å². The molecule has 0 aliphatic carbocycles. The fraction of sp³-hybridized carbons (Fsp3) is 0.500. The SMILES string of the molecule is Br.CC1(CCNC(N)=S)C(=O)NC(=O)NC1=O. The van der Waals surface area contributed by atoms with E-state index in [0.717, 1.165) is 0 Å². The van der Waals surface area contributed by atoms with Gasteiger partial charge in [-0.2, -0.15) is 0 Å². The van der Waals surface area contributed by atoms with Crippen molar-refractivity contribution in [1.29, 1.82) is 0 Å². The van der Waals surface area contributed by atoms with Crippen molar-refractivity contribution in [3.8, 4) is 0 Å². The highest BCUT2D eigenvalue weighted by atomic mass is 79.9. The number of amides is 4. The first-order valence-corrected chi connectivity index (χ1v) is 4.97. The first kappa shape index (κ1) is 15.8. The lowest BCUT2D eigenvalue weighted by Gasteiger charge is -2.30. The van der Waals surface area contributed by atoms with Crippen LogP contribution in [0.2, 0.25) is 0 Å². The van der Waals surface area contributed by atoms with Gasteiger partial charge < -0.3 is 11.1 Å². The Labute approximate surface area is 114 Å². The Morgan fingerprint density at radius 2 is 1.82 bits per heavy atom. The van der Waals surface area contributed by atoms with E-state index in [1.807, 2.05) is 10.6 Å². The van der Waals surface area contributed by atoms with Crippen LogP contribution >= 0.6 is 29.2 Å². The Kier molecular flexibility index (Phi) is 5.49. The number of thiocarbonyl (C=S) groups is 1. The average Bonchev–Trinajstić information content (AvgIpc) is 2.14. The Hall–Kier alpha value is -1.22. The molecule has 0 radical (unpaired) electrons. The third-order valence-electron chi connectivity index (χ3n) is 2.38. The van der Waals surface area contributed by atoms with Crippen LogP contribution in [0.3, 0.4) is 0 Å².